The molecule has 0 saturated carbocycles. The van der Waals surface area contributed by atoms with Gasteiger partial charge in [-0.25, -0.2) is 0 Å². The Morgan fingerprint density at radius 1 is 1.61 bits per heavy atom. The first-order valence-corrected chi connectivity index (χ1v) is 6.16. The van der Waals surface area contributed by atoms with Crippen molar-refractivity contribution in [2.24, 2.45) is 0 Å². The molecule has 0 aliphatic rings. The lowest BCUT2D eigenvalue weighted by atomic mass is 10.1. The molecule has 9 heteroatoms. The number of nitrogens with one attached hydrogen (secondary N) is 1. The molecule has 0 aliphatic carbocycles. The lowest BCUT2D eigenvalue weighted by Gasteiger charge is -2.22. The predicted molar refractivity (Wildman–Crippen MR) is 68.1 cm³/mol. The summed E-state index contributed by atoms with van der Waals surface area (Å²) in [6, 6.07) is 0. The minimum absolute atomic E-state index is 0.105. The summed E-state index contributed by atoms with van der Waals surface area (Å²) >= 11 is 3.06. The molecule has 18 heavy (non-hydrogen) atoms. The Bertz CT molecular complexity index is 428. The van der Waals surface area contributed by atoms with Crippen molar-refractivity contribution in [3.8, 4) is 0 Å². The first-order valence-electron chi connectivity index (χ1n) is 5.37. The molecule has 2 N–H and O–H groups in total. The van der Waals surface area contributed by atoms with E-state index >= 15 is 0 Å². The maximum Gasteiger partial charge on any atom is 0.492 e. The van der Waals surface area contributed by atoms with Crippen LogP contribution in [0.5, 0.6) is 0 Å². The summed E-state index contributed by atoms with van der Waals surface area (Å²) in [5, 5.41) is 27.1. The van der Waals surface area contributed by atoms with Gasteiger partial charge in [0.1, 0.15) is 0 Å². The van der Waals surface area contributed by atoms with Crippen molar-refractivity contribution in [2.75, 3.05) is 6.54 Å². The molecule has 0 amide bonds. The van der Waals surface area contributed by atoms with Gasteiger partial charge < -0.3 is 20.5 Å². The Morgan fingerprint density at radius 2 is 2.22 bits per heavy atom. The summed E-state index contributed by atoms with van der Waals surface area (Å²) in [7, 11) is 0. The van der Waals surface area contributed by atoms with Gasteiger partial charge in [0.25, 0.3) is 4.73 Å². The molecule has 1 rings (SSSR count). The van der Waals surface area contributed by atoms with Crippen molar-refractivity contribution in [1.29, 1.82) is 0 Å². The smallest absolute Gasteiger partial charge is 0.390 e. The number of nitrogens with zero attached hydrogens (tertiary/aromatic N) is 4. The summed E-state index contributed by atoms with van der Waals surface area (Å²) in [6.45, 7) is 6.44. The average molecular weight is 322 g/mol. The minimum atomic E-state index is -0.707. The van der Waals surface area contributed by atoms with Crippen LogP contribution in [-0.4, -0.2) is 43.0 Å². The summed E-state index contributed by atoms with van der Waals surface area (Å²) < 4.78 is 1.48. The van der Waals surface area contributed by atoms with Gasteiger partial charge in [0, 0.05) is 33.1 Å². The van der Waals surface area contributed by atoms with E-state index in [2.05, 4.69) is 31.3 Å². The Labute approximate surface area is 113 Å². The normalized spacial score (nSPS) is 13.6. The number of aromatic nitrogens is 3. The van der Waals surface area contributed by atoms with Crippen molar-refractivity contribution in [3.63, 3.8) is 0 Å². The Morgan fingerprint density at radius 3 is 2.67 bits per heavy atom. The number of rotatable bonds is 5. The lowest BCUT2D eigenvalue weighted by Crippen LogP contribution is -2.42. The molecule has 1 aromatic heterocycles. The monoisotopic (exact) mass is 321 g/mol. The Balaban J connectivity index is 2.59. The van der Waals surface area contributed by atoms with Crippen LogP contribution in [-0.2, 0) is 6.54 Å². The lowest BCUT2D eigenvalue weighted by molar-refractivity contribution is -0.394. The van der Waals surface area contributed by atoms with E-state index in [4.69, 9.17) is 0 Å². The molecule has 0 radical (unpaired) electrons. The highest BCUT2D eigenvalue weighted by atomic mass is 79.9. The second-order valence-corrected chi connectivity index (χ2v) is 5.61. The van der Waals surface area contributed by atoms with Gasteiger partial charge in [-0.3, -0.25) is 0 Å². The standard InChI is InChI=1S/C9H16BrN5O3/c1-9(2,3)11-4-6(16)5-14-7(10)12-8(13-14)15(17)18/h6,11,16H,4-5H2,1-3H3. The zero-order valence-corrected chi connectivity index (χ0v) is 12.0. The van der Waals surface area contributed by atoms with Gasteiger partial charge in [0.05, 0.1) is 12.6 Å². The van der Waals surface area contributed by atoms with Crippen LogP contribution in [0.2, 0.25) is 0 Å². The summed E-state index contributed by atoms with van der Waals surface area (Å²) in [5.74, 6) is -0.488. The Hall–Kier alpha value is -1.06. The predicted octanol–water partition coefficient (Wildman–Crippen LogP) is 0.698. The molecular weight excluding hydrogens is 306 g/mol. The second-order valence-electron chi connectivity index (χ2n) is 4.90. The van der Waals surface area contributed by atoms with E-state index < -0.39 is 17.0 Å². The third kappa shape index (κ3) is 4.67. The fraction of sp³-hybridized carbons (Fsp3) is 0.778. The maximum atomic E-state index is 10.5. The maximum absolute atomic E-state index is 10.5. The Kier molecular flexibility index (Phi) is 4.77. The summed E-state index contributed by atoms with van der Waals surface area (Å²) in [5.41, 5.74) is -0.105. The van der Waals surface area contributed by atoms with Gasteiger partial charge in [0.15, 0.2) is 0 Å². The number of β-amino-alcohol motifs (C(OH)–C–C–N with tert-alkyl or cyclic N) is 1. The van der Waals surface area contributed by atoms with E-state index in [1.807, 2.05) is 20.8 Å². The van der Waals surface area contributed by atoms with Gasteiger partial charge in [-0.15, -0.1) is 0 Å². The van der Waals surface area contributed by atoms with Crippen LogP contribution in [0.3, 0.4) is 0 Å². The van der Waals surface area contributed by atoms with E-state index in [9.17, 15) is 15.2 Å². The number of aliphatic hydroxyl groups is 1. The molecule has 1 aromatic rings. The molecule has 1 atom stereocenters. The van der Waals surface area contributed by atoms with Gasteiger partial charge >= 0.3 is 5.95 Å². The summed E-state index contributed by atoms with van der Waals surface area (Å²) in [6.07, 6.45) is -0.707. The van der Waals surface area contributed by atoms with Crippen LogP contribution in [0.1, 0.15) is 20.8 Å². The molecule has 0 spiro atoms. The number of hydrogen-bond donors (Lipinski definition) is 2. The first-order chi connectivity index (χ1) is 8.19. The summed E-state index contributed by atoms with van der Waals surface area (Å²) in [4.78, 5) is 13.4. The molecule has 0 saturated heterocycles. The van der Waals surface area contributed by atoms with Crippen LogP contribution in [0, 0.1) is 10.1 Å². The number of nitro groups is 1. The van der Waals surface area contributed by atoms with Crippen molar-refractivity contribution in [1.82, 2.24) is 20.1 Å². The van der Waals surface area contributed by atoms with Crippen LogP contribution in [0.15, 0.2) is 4.73 Å². The van der Waals surface area contributed by atoms with Crippen LogP contribution in [0.4, 0.5) is 5.95 Å². The number of aliphatic hydroxyl groups excluding tert-OH is 1. The van der Waals surface area contributed by atoms with Gasteiger partial charge in [0.2, 0.25) is 0 Å². The largest absolute Gasteiger partial charge is 0.492 e. The highest BCUT2D eigenvalue weighted by Crippen LogP contribution is 2.12. The van der Waals surface area contributed by atoms with Gasteiger partial charge in [-0.05, 0) is 30.7 Å². The van der Waals surface area contributed by atoms with E-state index in [0.29, 0.717) is 6.54 Å². The van der Waals surface area contributed by atoms with E-state index in [1.54, 1.807) is 0 Å². The molecule has 0 bridgehead atoms. The minimum Gasteiger partial charge on any atom is -0.390 e. The van der Waals surface area contributed by atoms with Crippen molar-refractivity contribution in [3.05, 3.63) is 14.8 Å². The van der Waals surface area contributed by atoms with Crippen LogP contribution >= 0.6 is 15.9 Å². The number of hydrogen-bond acceptors (Lipinski definition) is 6. The second kappa shape index (κ2) is 5.72. The zero-order valence-electron chi connectivity index (χ0n) is 10.4. The van der Waals surface area contributed by atoms with Crippen LogP contribution < -0.4 is 5.32 Å². The molecule has 0 aliphatic heterocycles. The third-order valence-electron chi connectivity index (χ3n) is 2.03. The highest BCUT2D eigenvalue weighted by Gasteiger charge is 2.21. The SMILES string of the molecule is CC(C)(C)NCC(O)Cn1nc([N+](=O)[O-])nc1Br. The van der Waals surface area contributed by atoms with Gasteiger partial charge in [-0.2, -0.15) is 4.68 Å². The van der Waals surface area contributed by atoms with E-state index in [1.165, 1.54) is 4.68 Å². The van der Waals surface area contributed by atoms with E-state index in [0.717, 1.165) is 0 Å². The highest BCUT2D eigenvalue weighted by molar-refractivity contribution is 9.10. The molecule has 102 valence electrons. The third-order valence-corrected chi connectivity index (χ3v) is 2.62. The topological polar surface area (TPSA) is 106 Å². The van der Waals surface area contributed by atoms with E-state index in [-0.39, 0.29) is 16.8 Å². The molecule has 0 aromatic carbocycles. The fourth-order valence-corrected chi connectivity index (χ4v) is 1.58. The van der Waals surface area contributed by atoms with Gasteiger partial charge in [-0.1, -0.05) is 0 Å². The molecule has 1 heterocycles. The zero-order chi connectivity index (χ0) is 13.9. The van der Waals surface area contributed by atoms with Crippen molar-refractivity contribution >= 4 is 21.9 Å². The quantitative estimate of drug-likeness (QED) is 0.610. The number of halogens is 1. The fourth-order valence-electron chi connectivity index (χ4n) is 1.19. The first kappa shape index (κ1) is 15.0. The van der Waals surface area contributed by atoms with Crippen molar-refractivity contribution in [2.45, 2.75) is 39.0 Å². The van der Waals surface area contributed by atoms with Crippen molar-refractivity contribution < 1.29 is 10.0 Å². The molecule has 1 unspecified atom stereocenters. The van der Waals surface area contributed by atoms with Crippen LogP contribution in [0.25, 0.3) is 0 Å². The molecule has 0 fully saturated rings. The average Bonchev–Trinajstić information content (AvgIpc) is 2.57. The molecule has 8 nitrogen and oxygen atoms in total. The molecular formula is C9H16BrN5O3.